The van der Waals surface area contributed by atoms with Crippen LogP contribution in [0.5, 0.6) is 0 Å². The lowest BCUT2D eigenvalue weighted by atomic mass is 10.00. The maximum Gasteiger partial charge on any atom is 0.433 e. The lowest BCUT2D eigenvalue weighted by Crippen LogP contribution is -2.22. The zero-order valence-electron chi connectivity index (χ0n) is 16.4. The first-order valence-electron chi connectivity index (χ1n) is 9.18. The number of alkyl halides is 6. The zero-order valence-corrected chi connectivity index (χ0v) is 16.4. The Hall–Kier alpha value is -3.63. The van der Waals surface area contributed by atoms with E-state index in [0.717, 1.165) is 30.6 Å². The predicted octanol–water partition coefficient (Wildman–Crippen LogP) is 6.00. The third-order valence-corrected chi connectivity index (χ3v) is 4.50. The Kier molecular flexibility index (Phi) is 6.37. The van der Waals surface area contributed by atoms with Crippen molar-refractivity contribution in [3.05, 3.63) is 77.7 Å². The molecule has 5 nitrogen and oxygen atoms in total. The van der Waals surface area contributed by atoms with E-state index in [9.17, 15) is 31.1 Å². The van der Waals surface area contributed by atoms with Gasteiger partial charge in [-0.15, -0.1) is 0 Å². The van der Waals surface area contributed by atoms with Crippen molar-refractivity contribution in [1.29, 1.82) is 0 Å². The summed E-state index contributed by atoms with van der Waals surface area (Å²) in [4.78, 5) is 19.3. The molecule has 0 saturated carbocycles. The van der Waals surface area contributed by atoms with E-state index in [-0.39, 0.29) is 5.69 Å². The van der Waals surface area contributed by atoms with E-state index in [1.165, 1.54) is 25.1 Å². The number of carbonyl (C=O) groups is 1. The van der Waals surface area contributed by atoms with Crippen LogP contribution in [0.25, 0.3) is 0 Å². The van der Waals surface area contributed by atoms with Crippen molar-refractivity contribution in [2.24, 2.45) is 0 Å². The zero-order chi connectivity index (χ0) is 23.5. The van der Waals surface area contributed by atoms with Crippen molar-refractivity contribution in [2.75, 3.05) is 10.6 Å². The van der Waals surface area contributed by atoms with Gasteiger partial charge in [0.25, 0.3) is 0 Å². The van der Waals surface area contributed by atoms with Crippen LogP contribution in [0, 0.1) is 0 Å². The van der Waals surface area contributed by atoms with Gasteiger partial charge in [-0.3, -0.25) is 9.78 Å². The lowest BCUT2D eigenvalue weighted by Gasteiger charge is -2.16. The molecule has 2 N–H and O–H groups in total. The number of hydrogen-bond acceptors (Lipinski definition) is 4. The Balaban J connectivity index is 1.71. The van der Waals surface area contributed by atoms with Gasteiger partial charge in [0.15, 0.2) is 0 Å². The fourth-order valence-corrected chi connectivity index (χ4v) is 2.80. The number of carbonyl (C=O) groups excluding carboxylic acids is 1. The minimum Gasteiger partial charge on any atom is -0.355 e. The van der Waals surface area contributed by atoms with E-state index >= 15 is 0 Å². The summed E-state index contributed by atoms with van der Waals surface area (Å²) in [7, 11) is 0. The van der Waals surface area contributed by atoms with Crippen LogP contribution < -0.4 is 10.6 Å². The maximum atomic E-state index is 13.1. The molecular formula is C21H16F6N4O. The van der Waals surface area contributed by atoms with Gasteiger partial charge in [-0.05, 0) is 48.9 Å². The molecule has 1 aromatic carbocycles. The molecule has 2 heterocycles. The van der Waals surface area contributed by atoms with Gasteiger partial charge in [0.2, 0.25) is 5.91 Å². The normalized spacial score (nSPS) is 12.8. The van der Waals surface area contributed by atoms with Crippen LogP contribution >= 0.6 is 0 Å². The molecule has 0 aliphatic heterocycles. The Morgan fingerprint density at radius 1 is 0.875 bits per heavy atom. The molecule has 0 radical (unpaired) electrons. The highest BCUT2D eigenvalue weighted by Gasteiger charge is 2.35. The van der Waals surface area contributed by atoms with Gasteiger partial charge in [-0.25, -0.2) is 4.98 Å². The van der Waals surface area contributed by atoms with Gasteiger partial charge in [0.1, 0.15) is 11.5 Å². The highest BCUT2D eigenvalue weighted by Crippen LogP contribution is 2.34. The highest BCUT2D eigenvalue weighted by atomic mass is 19.4. The number of halogens is 6. The van der Waals surface area contributed by atoms with Crippen LogP contribution in [0.4, 0.5) is 43.5 Å². The summed E-state index contributed by atoms with van der Waals surface area (Å²) in [6, 6.07) is 10.3. The molecule has 0 spiro atoms. The SMILES string of the molecule is CC(C(=O)Nc1ncccc1C(F)(F)F)c1ccc(Nc2ccnc(C(F)(F)F)c2)cc1. The van der Waals surface area contributed by atoms with E-state index in [1.807, 2.05) is 0 Å². The molecule has 11 heteroatoms. The fourth-order valence-electron chi connectivity index (χ4n) is 2.80. The topological polar surface area (TPSA) is 66.9 Å². The van der Waals surface area contributed by atoms with Gasteiger partial charge in [0.05, 0.1) is 11.5 Å². The summed E-state index contributed by atoms with van der Waals surface area (Å²) in [6.07, 6.45) is -7.09. The van der Waals surface area contributed by atoms with Gasteiger partial charge < -0.3 is 10.6 Å². The number of anilines is 3. The van der Waals surface area contributed by atoms with Crippen molar-refractivity contribution in [3.63, 3.8) is 0 Å². The van der Waals surface area contributed by atoms with Crippen LogP contribution in [0.1, 0.15) is 29.7 Å². The van der Waals surface area contributed by atoms with Crippen molar-refractivity contribution in [3.8, 4) is 0 Å². The largest absolute Gasteiger partial charge is 0.433 e. The quantitative estimate of drug-likeness (QED) is 0.464. The van der Waals surface area contributed by atoms with Crippen molar-refractivity contribution in [1.82, 2.24) is 9.97 Å². The van der Waals surface area contributed by atoms with Crippen LogP contribution in [0.2, 0.25) is 0 Å². The first-order valence-corrected chi connectivity index (χ1v) is 9.18. The van der Waals surface area contributed by atoms with Gasteiger partial charge in [-0.2, -0.15) is 26.3 Å². The minimum absolute atomic E-state index is 0.167. The Morgan fingerprint density at radius 2 is 1.56 bits per heavy atom. The first-order chi connectivity index (χ1) is 14.9. The Labute approximate surface area is 178 Å². The van der Waals surface area contributed by atoms with E-state index in [4.69, 9.17) is 0 Å². The molecule has 0 saturated heterocycles. The minimum atomic E-state index is -4.67. The second-order valence-electron chi connectivity index (χ2n) is 6.78. The average Bonchev–Trinajstić information content (AvgIpc) is 2.73. The van der Waals surface area contributed by atoms with E-state index < -0.39 is 41.3 Å². The van der Waals surface area contributed by atoms with Crippen molar-refractivity contribution in [2.45, 2.75) is 25.2 Å². The second kappa shape index (κ2) is 8.85. The van der Waals surface area contributed by atoms with Gasteiger partial charge >= 0.3 is 12.4 Å². The summed E-state index contributed by atoms with van der Waals surface area (Å²) in [5.74, 6) is -2.10. The van der Waals surface area contributed by atoms with Gasteiger partial charge in [0, 0.05) is 23.8 Å². The van der Waals surface area contributed by atoms with E-state index in [0.29, 0.717) is 11.3 Å². The number of pyridine rings is 2. The third kappa shape index (κ3) is 5.54. The van der Waals surface area contributed by atoms with Gasteiger partial charge in [-0.1, -0.05) is 12.1 Å². The molecule has 32 heavy (non-hydrogen) atoms. The molecule has 1 amide bonds. The molecule has 0 aliphatic carbocycles. The van der Waals surface area contributed by atoms with Crippen molar-refractivity contribution >= 4 is 23.1 Å². The summed E-state index contributed by atoms with van der Waals surface area (Å²) in [6.45, 7) is 1.51. The monoisotopic (exact) mass is 454 g/mol. The molecule has 2 aromatic heterocycles. The number of benzene rings is 1. The molecule has 1 atom stereocenters. The molecule has 0 fully saturated rings. The number of nitrogens with zero attached hydrogens (tertiary/aromatic N) is 2. The number of aromatic nitrogens is 2. The van der Waals surface area contributed by atoms with Crippen LogP contribution in [-0.4, -0.2) is 15.9 Å². The fraction of sp³-hybridized carbons (Fsp3) is 0.190. The standard InChI is InChI=1S/C21H16F6N4O/c1-12(19(32)31-18-16(20(22,23)24)3-2-9-29-18)13-4-6-14(7-5-13)30-15-8-10-28-17(11-15)21(25,26)27/h2-12H,1H3,(H,28,30)(H,29,31,32). The predicted molar refractivity (Wildman–Crippen MR) is 105 cm³/mol. The molecule has 168 valence electrons. The number of rotatable bonds is 5. The molecule has 1 unspecified atom stereocenters. The average molecular weight is 454 g/mol. The molecule has 0 bridgehead atoms. The molecule has 3 rings (SSSR count). The smallest absolute Gasteiger partial charge is 0.355 e. The number of nitrogens with one attached hydrogen (secondary N) is 2. The van der Waals surface area contributed by atoms with Crippen LogP contribution in [0.3, 0.4) is 0 Å². The van der Waals surface area contributed by atoms with E-state index in [1.54, 1.807) is 12.1 Å². The second-order valence-corrected chi connectivity index (χ2v) is 6.78. The number of hydrogen-bond donors (Lipinski definition) is 2. The number of amides is 1. The van der Waals surface area contributed by atoms with Crippen LogP contribution in [-0.2, 0) is 17.1 Å². The molecular weight excluding hydrogens is 438 g/mol. The Morgan fingerprint density at radius 3 is 2.19 bits per heavy atom. The summed E-state index contributed by atoms with van der Waals surface area (Å²) < 4.78 is 77.5. The van der Waals surface area contributed by atoms with Crippen molar-refractivity contribution < 1.29 is 31.1 Å². The molecule has 0 aliphatic rings. The molecule has 3 aromatic rings. The highest BCUT2D eigenvalue weighted by molar-refractivity contribution is 5.95. The first kappa shape index (κ1) is 23.0. The van der Waals surface area contributed by atoms with Crippen LogP contribution in [0.15, 0.2) is 60.9 Å². The maximum absolute atomic E-state index is 13.1. The summed E-state index contributed by atoms with van der Waals surface area (Å²) in [5.41, 5.74) is -0.999. The summed E-state index contributed by atoms with van der Waals surface area (Å²) in [5, 5.41) is 4.99. The third-order valence-electron chi connectivity index (χ3n) is 4.50. The lowest BCUT2D eigenvalue weighted by molar-refractivity contribution is -0.141. The summed E-state index contributed by atoms with van der Waals surface area (Å²) >= 11 is 0. The Bertz CT molecular complexity index is 1100. The van der Waals surface area contributed by atoms with E-state index in [2.05, 4.69) is 20.6 Å².